The fourth-order valence-corrected chi connectivity index (χ4v) is 8.54. The minimum Gasteiger partial charge on any atom is -0.497 e. The van der Waals surface area contributed by atoms with Gasteiger partial charge in [0.1, 0.15) is 23.0 Å². The van der Waals surface area contributed by atoms with Gasteiger partial charge in [0, 0.05) is 0 Å². The topological polar surface area (TPSA) is 89.5 Å². The first-order valence-electron chi connectivity index (χ1n) is 13.6. The van der Waals surface area contributed by atoms with Crippen LogP contribution in [0.3, 0.4) is 0 Å². The molecular formula is C34H32O8P2. The summed E-state index contributed by atoms with van der Waals surface area (Å²) in [6.45, 7) is 0. The molecule has 0 unspecified atom stereocenters. The van der Waals surface area contributed by atoms with Crippen LogP contribution in [-0.2, 0) is 9.13 Å². The van der Waals surface area contributed by atoms with Crippen molar-refractivity contribution in [2.24, 2.45) is 0 Å². The van der Waals surface area contributed by atoms with Crippen molar-refractivity contribution < 1.29 is 37.1 Å². The molecule has 44 heavy (non-hydrogen) atoms. The molecule has 0 amide bonds. The zero-order chi connectivity index (χ0) is 31.2. The molecule has 0 spiro atoms. The Hall–Kier alpha value is -4.64. The molecule has 0 saturated carbocycles. The number of methoxy groups -OCH3 is 4. The number of ether oxygens (including phenoxy) is 4. The van der Waals surface area contributed by atoms with E-state index in [-0.39, 0.29) is 11.5 Å². The molecule has 5 aromatic rings. The Morgan fingerprint density at radius 1 is 0.364 bits per heavy atom. The summed E-state index contributed by atoms with van der Waals surface area (Å²) in [4.78, 5) is 0. The lowest BCUT2D eigenvalue weighted by Crippen LogP contribution is -2.22. The summed E-state index contributed by atoms with van der Waals surface area (Å²) in [5.74, 6) is 2.75. The third kappa shape index (κ3) is 6.33. The highest BCUT2D eigenvalue weighted by atomic mass is 31.2. The molecule has 0 saturated heterocycles. The van der Waals surface area contributed by atoms with Crippen LogP contribution >= 0.6 is 14.7 Å². The number of benzene rings is 5. The van der Waals surface area contributed by atoms with E-state index in [0.29, 0.717) is 44.2 Å². The molecule has 0 aliphatic rings. The quantitative estimate of drug-likeness (QED) is 0.148. The molecule has 8 nitrogen and oxygen atoms in total. The summed E-state index contributed by atoms with van der Waals surface area (Å²) in [6.07, 6.45) is 0. The molecule has 0 heterocycles. The van der Waals surface area contributed by atoms with Crippen molar-refractivity contribution in [2.75, 3.05) is 28.4 Å². The third-order valence-electron chi connectivity index (χ3n) is 6.95. The van der Waals surface area contributed by atoms with Gasteiger partial charge in [0.25, 0.3) is 0 Å². The van der Waals surface area contributed by atoms with Gasteiger partial charge < -0.3 is 28.0 Å². The van der Waals surface area contributed by atoms with E-state index in [0.717, 1.165) is 0 Å². The zero-order valence-corrected chi connectivity index (χ0v) is 26.5. The van der Waals surface area contributed by atoms with Crippen molar-refractivity contribution in [3.63, 3.8) is 0 Å². The van der Waals surface area contributed by atoms with Crippen molar-refractivity contribution in [1.82, 2.24) is 0 Å². The molecule has 5 rings (SSSR count). The molecule has 0 N–H and O–H groups in total. The largest absolute Gasteiger partial charge is 0.497 e. The maximum absolute atomic E-state index is 14.9. The Bertz CT molecular complexity index is 1550. The Kier molecular flexibility index (Phi) is 9.34. The first kappa shape index (κ1) is 30.8. The van der Waals surface area contributed by atoms with Crippen molar-refractivity contribution in [3.05, 3.63) is 121 Å². The summed E-state index contributed by atoms with van der Waals surface area (Å²) < 4.78 is 64.0. The van der Waals surface area contributed by atoms with Gasteiger partial charge in [-0.3, -0.25) is 9.13 Å². The second-order valence-corrected chi connectivity index (χ2v) is 14.2. The van der Waals surface area contributed by atoms with Crippen LogP contribution in [0.5, 0.6) is 34.5 Å². The Morgan fingerprint density at radius 3 is 0.795 bits per heavy atom. The fourth-order valence-electron chi connectivity index (χ4n) is 4.50. The molecule has 0 aliphatic carbocycles. The molecule has 0 aromatic heterocycles. The van der Waals surface area contributed by atoms with E-state index < -0.39 is 14.7 Å². The van der Waals surface area contributed by atoms with Crippen molar-refractivity contribution in [3.8, 4) is 34.5 Å². The Balaban J connectivity index is 1.61. The van der Waals surface area contributed by atoms with Gasteiger partial charge in [0.15, 0.2) is 11.5 Å². The Morgan fingerprint density at radius 2 is 0.591 bits per heavy atom. The molecule has 0 radical (unpaired) electrons. The SMILES string of the molecule is COc1ccc(P(=O)(Oc2ccccc2OP(=O)(c2ccc(OC)cc2)c2ccc(OC)cc2)c2ccc(OC)cc2)cc1. The number of hydrogen-bond donors (Lipinski definition) is 0. The van der Waals surface area contributed by atoms with Gasteiger partial charge in [-0.1, -0.05) is 12.1 Å². The van der Waals surface area contributed by atoms with Gasteiger partial charge >= 0.3 is 14.7 Å². The summed E-state index contributed by atoms with van der Waals surface area (Å²) in [6, 6.07) is 34.1. The average molecular weight is 631 g/mol. The zero-order valence-electron chi connectivity index (χ0n) is 24.7. The molecule has 10 heteroatoms. The first-order chi connectivity index (χ1) is 21.3. The highest BCUT2D eigenvalue weighted by molar-refractivity contribution is 7.75. The lowest BCUT2D eigenvalue weighted by Gasteiger charge is -2.25. The smallest absolute Gasteiger partial charge is 0.306 e. The van der Waals surface area contributed by atoms with Crippen LogP contribution in [0.15, 0.2) is 121 Å². The van der Waals surface area contributed by atoms with Gasteiger partial charge in [-0.2, -0.15) is 0 Å². The minimum absolute atomic E-state index is 0.157. The van der Waals surface area contributed by atoms with Crippen LogP contribution in [-0.4, -0.2) is 28.4 Å². The molecule has 0 aliphatic heterocycles. The number of rotatable bonds is 12. The van der Waals surface area contributed by atoms with Crippen LogP contribution in [0.1, 0.15) is 0 Å². The summed E-state index contributed by atoms with van der Waals surface area (Å²) in [7, 11) is -1.31. The summed E-state index contributed by atoms with van der Waals surface area (Å²) in [5.41, 5.74) is 0. The van der Waals surface area contributed by atoms with E-state index in [1.807, 2.05) is 0 Å². The monoisotopic (exact) mass is 630 g/mol. The molecular weight excluding hydrogens is 598 g/mol. The molecule has 226 valence electrons. The number of para-hydroxylation sites is 2. The van der Waals surface area contributed by atoms with E-state index >= 15 is 0 Å². The van der Waals surface area contributed by atoms with Gasteiger partial charge in [0.05, 0.1) is 49.7 Å². The minimum atomic E-state index is -3.78. The molecule has 5 aromatic carbocycles. The second kappa shape index (κ2) is 13.3. The van der Waals surface area contributed by atoms with Crippen LogP contribution in [0, 0.1) is 0 Å². The van der Waals surface area contributed by atoms with Crippen molar-refractivity contribution >= 4 is 36.0 Å². The normalized spacial score (nSPS) is 11.4. The lowest BCUT2D eigenvalue weighted by atomic mass is 10.3. The lowest BCUT2D eigenvalue weighted by molar-refractivity contribution is 0.414. The Labute approximate surface area is 257 Å². The van der Waals surface area contributed by atoms with E-state index in [9.17, 15) is 9.13 Å². The molecule has 0 fully saturated rings. The predicted molar refractivity (Wildman–Crippen MR) is 173 cm³/mol. The maximum Gasteiger partial charge on any atom is 0.306 e. The van der Waals surface area contributed by atoms with Crippen LogP contribution in [0.2, 0.25) is 0 Å². The summed E-state index contributed by atoms with van der Waals surface area (Å²) >= 11 is 0. The highest BCUT2D eigenvalue weighted by Crippen LogP contribution is 2.52. The number of hydrogen-bond acceptors (Lipinski definition) is 8. The van der Waals surface area contributed by atoms with E-state index in [1.165, 1.54) is 0 Å². The van der Waals surface area contributed by atoms with Crippen molar-refractivity contribution in [2.45, 2.75) is 0 Å². The second-order valence-electron chi connectivity index (χ2n) is 9.52. The van der Waals surface area contributed by atoms with Gasteiger partial charge in [-0.15, -0.1) is 0 Å². The van der Waals surface area contributed by atoms with E-state index in [4.69, 9.17) is 28.0 Å². The highest BCUT2D eigenvalue weighted by Gasteiger charge is 2.35. The van der Waals surface area contributed by atoms with E-state index in [1.54, 1.807) is 150 Å². The fraction of sp³-hybridized carbons (Fsp3) is 0.118. The maximum atomic E-state index is 14.9. The van der Waals surface area contributed by atoms with Gasteiger partial charge in [0.2, 0.25) is 0 Å². The summed E-state index contributed by atoms with van der Waals surface area (Å²) in [5, 5.41) is 1.75. The predicted octanol–water partition coefficient (Wildman–Crippen LogP) is 6.34. The van der Waals surface area contributed by atoms with Crippen LogP contribution in [0.25, 0.3) is 0 Å². The van der Waals surface area contributed by atoms with Gasteiger partial charge in [-0.05, 0) is 109 Å². The molecule has 0 bridgehead atoms. The third-order valence-corrected chi connectivity index (χ3v) is 11.8. The van der Waals surface area contributed by atoms with Crippen LogP contribution < -0.4 is 49.2 Å². The van der Waals surface area contributed by atoms with Gasteiger partial charge in [-0.25, -0.2) is 0 Å². The first-order valence-corrected chi connectivity index (χ1v) is 16.8. The van der Waals surface area contributed by atoms with Crippen LogP contribution in [0.4, 0.5) is 0 Å². The molecule has 0 atom stereocenters. The standard InChI is InChI=1S/C34H32O8P2/c1-37-25-9-17-29(18-10-25)43(35,30-19-11-26(38-2)12-20-30)41-33-7-5-6-8-34(33)42-44(36,31-21-13-27(39-3)14-22-31)32-23-15-28(40-4)16-24-32/h5-24H,1-4H3. The van der Waals surface area contributed by atoms with Crippen molar-refractivity contribution in [1.29, 1.82) is 0 Å². The van der Waals surface area contributed by atoms with E-state index in [2.05, 4.69) is 0 Å². The average Bonchev–Trinajstić information content (AvgIpc) is 3.09.